The van der Waals surface area contributed by atoms with Gasteiger partial charge in [0.15, 0.2) is 0 Å². The van der Waals surface area contributed by atoms with Crippen molar-refractivity contribution >= 4 is 34.3 Å². The van der Waals surface area contributed by atoms with Gasteiger partial charge in [-0.05, 0) is 49.6 Å². The molecule has 32 heavy (non-hydrogen) atoms. The molecule has 2 heterocycles. The van der Waals surface area contributed by atoms with E-state index in [2.05, 4.69) is 15.6 Å². The van der Waals surface area contributed by atoms with Crippen LogP contribution >= 0.6 is 0 Å². The minimum absolute atomic E-state index is 0.0417. The zero-order chi connectivity index (χ0) is 22.7. The van der Waals surface area contributed by atoms with Gasteiger partial charge in [0.25, 0.3) is 11.8 Å². The maximum Gasteiger partial charge on any atom is 0.257 e. The highest BCUT2D eigenvalue weighted by Gasteiger charge is 2.22. The van der Waals surface area contributed by atoms with Crippen LogP contribution in [0.2, 0.25) is 0 Å². The molecular formula is C24H24N4O4. The Kier molecular flexibility index (Phi) is 6.02. The minimum Gasteiger partial charge on any atom is -0.360 e. The number of hydrogen-bond acceptors (Lipinski definition) is 4. The van der Waals surface area contributed by atoms with Gasteiger partial charge < -0.3 is 20.5 Å². The lowest BCUT2D eigenvalue weighted by atomic mass is 10.1. The van der Waals surface area contributed by atoms with Gasteiger partial charge in [-0.15, -0.1) is 0 Å². The molecular weight excluding hydrogens is 408 g/mol. The standard InChI is InChI=1S/C24H24N4O4/c1-15-16(24(32)28-11-4-5-12-28)8-6-10-19(15)27-21(29)14-26-23(31)18-13-25-20-9-3-2-7-17(20)22(18)30/h2-3,6-10,13H,4-5,11-12,14H2,1H3,(H,25,30)(H,26,31)(H,27,29). The average Bonchev–Trinajstić information content (AvgIpc) is 3.34. The van der Waals surface area contributed by atoms with Gasteiger partial charge in [-0.2, -0.15) is 0 Å². The van der Waals surface area contributed by atoms with Gasteiger partial charge >= 0.3 is 0 Å². The van der Waals surface area contributed by atoms with E-state index in [1.54, 1.807) is 49.4 Å². The van der Waals surface area contributed by atoms with Crippen LogP contribution in [0.4, 0.5) is 5.69 Å². The fourth-order valence-electron chi connectivity index (χ4n) is 3.88. The summed E-state index contributed by atoms with van der Waals surface area (Å²) in [7, 11) is 0. The molecule has 1 fully saturated rings. The molecule has 1 aliphatic heterocycles. The number of H-pyrrole nitrogens is 1. The zero-order valence-electron chi connectivity index (χ0n) is 17.7. The number of para-hydroxylation sites is 1. The van der Waals surface area contributed by atoms with E-state index in [4.69, 9.17) is 0 Å². The molecule has 3 amide bonds. The van der Waals surface area contributed by atoms with Crippen LogP contribution in [0.3, 0.4) is 0 Å². The molecule has 8 nitrogen and oxygen atoms in total. The SMILES string of the molecule is Cc1c(NC(=O)CNC(=O)c2c[nH]c3ccccc3c2=O)cccc1C(=O)N1CCCC1. The molecule has 0 bridgehead atoms. The van der Waals surface area contributed by atoms with Crippen molar-refractivity contribution in [1.82, 2.24) is 15.2 Å². The summed E-state index contributed by atoms with van der Waals surface area (Å²) < 4.78 is 0. The average molecular weight is 432 g/mol. The Labute approximate surface area is 184 Å². The highest BCUT2D eigenvalue weighted by molar-refractivity contribution is 6.02. The third kappa shape index (κ3) is 4.25. The summed E-state index contributed by atoms with van der Waals surface area (Å²) in [6.07, 6.45) is 3.34. The van der Waals surface area contributed by atoms with Crippen LogP contribution in [0, 0.1) is 6.92 Å². The predicted molar refractivity (Wildman–Crippen MR) is 122 cm³/mol. The largest absolute Gasteiger partial charge is 0.360 e. The Morgan fingerprint density at radius 1 is 1.00 bits per heavy atom. The van der Waals surface area contributed by atoms with Crippen molar-refractivity contribution in [3.05, 3.63) is 75.6 Å². The van der Waals surface area contributed by atoms with E-state index in [-0.39, 0.29) is 18.0 Å². The Hall–Kier alpha value is -3.94. The Morgan fingerprint density at radius 3 is 2.53 bits per heavy atom. The monoisotopic (exact) mass is 432 g/mol. The summed E-state index contributed by atoms with van der Waals surface area (Å²) in [5.41, 5.74) is 1.90. The second-order valence-corrected chi connectivity index (χ2v) is 7.79. The number of fused-ring (bicyclic) bond motifs is 1. The molecule has 164 valence electrons. The summed E-state index contributed by atoms with van der Waals surface area (Å²) in [6.45, 7) is 2.96. The van der Waals surface area contributed by atoms with Gasteiger partial charge in [0.1, 0.15) is 5.56 Å². The van der Waals surface area contributed by atoms with Gasteiger partial charge in [0, 0.05) is 41.4 Å². The number of benzene rings is 2. The van der Waals surface area contributed by atoms with E-state index < -0.39 is 17.2 Å². The molecule has 1 saturated heterocycles. The Bertz CT molecular complexity index is 1260. The van der Waals surface area contributed by atoms with Gasteiger partial charge in [-0.25, -0.2) is 0 Å². The second kappa shape index (κ2) is 9.05. The zero-order valence-corrected chi connectivity index (χ0v) is 17.7. The molecule has 0 atom stereocenters. The lowest BCUT2D eigenvalue weighted by Crippen LogP contribution is -2.35. The Balaban J connectivity index is 1.42. The van der Waals surface area contributed by atoms with Gasteiger partial charge in [-0.3, -0.25) is 19.2 Å². The van der Waals surface area contributed by atoms with Gasteiger partial charge in [-0.1, -0.05) is 18.2 Å². The predicted octanol–water partition coefficient (Wildman–Crippen LogP) is 2.44. The molecule has 0 spiro atoms. The molecule has 3 N–H and O–H groups in total. The molecule has 0 unspecified atom stereocenters. The lowest BCUT2D eigenvalue weighted by Gasteiger charge is -2.18. The maximum absolute atomic E-state index is 12.7. The smallest absolute Gasteiger partial charge is 0.257 e. The summed E-state index contributed by atoms with van der Waals surface area (Å²) in [5.74, 6) is -1.13. The quantitative estimate of drug-likeness (QED) is 0.575. The van der Waals surface area contributed by atoms with E-state index >= 15 is 0 Å². The maximum atomic E-state index is 12.7. The topological polar surface area (TPSA) is 111 Å². The number of likely N-dealkylation sites (tertiary alicyclic amines) is 1. The molecule has 0 aliphatic carbocycles. The number of carbonyl (C=O) groups excluding carboxylic acids is 3. The van der Waals surface area contributed by atoms with Crippen molar-refractivity contribution in [3.63, 3.8) is 0 Å². The first-order chi connectivity index (χ1) is 15.5. The van der Waals surface area contributed by atoms with Crippen molar-refractivity contribution in [1.29, 1.82) is 0 Å². The highest BCUT2D eigenvalue weighted by atomic mass is 16.2. The summed E-state index contributed by atoms with van der Waals surface area (Å²) in [5, 5.41) is 5.62. The molecule has 1 aromatic heterocycles. The van der Waals surface area contributed by atoms with E-state index in [0.29, 0.717) is 27.7 Å². The molecule has 3 aromatic rings. The molecule has 0 radical (unpaired) electrons. The second-order valence-electron chi connectivity index (χ2n) is 7.79. The highest BCUT2D eigenvalue weighted by Crippen LogP contribution is 2.22. The fourth-order valence-corrected chi connectivity index (χ4v) is 3.88. The van der Waals surface area contributed by atoms with Crippen LogP contribution in [-0.2, 0) is 4.79 Å². The first kappa shape index (κ1) is 21.3. The van der Waals surface area contributed by atoms with Crippen LogP contribution in [0.25, 0.3) is 10.9 Å². The lowest BCUT2D eigenvalue weighted by molar-refractivity contribution is -0.115. The van der Waals surface area contributed by atoms with Gasteiger partial charge in [0.2, 0.25) is 11.3 Å². The number of aromatic nitrogens is 1. The fraction of sp³-hybridized carbons (Fsp3) is 0.250. The summed E-state index contributed by atoms with van der Waals surface area (Å²) in [4.78, 5) is 54.9. The molecule has 8 heteroatoms. The van der Waals surface area contributed by atoms with Crippen LogP contribution < -0.4 is 16.1 Å². The van der Waals surface area contributed by atoms with Crippen molar-refractivity contribution in [2.45, 2.75) is 19.8 Å². The number of nitrogens with one attached hydrogen (secondary N) is 3. The normalized spacial score (nSPS) is 13.2. The number of hydrogen-bond donors (Lipinski definition) is 3. The van der Waals surface area contributed by atoms with Crippen LogP contribution in [0.1, 0.15) is 39.1 Å². The number of amides is 3. The first-order valence-electron chi connectivity index (χ1n) is 10.5. The summed E-state index contributed by atoms with van der Waals surface area (Å²) >= 11 is 0. The van der Waals surface area contributed by atoms with Crippen LogP contribution in [-0.4, -0.2) is 47.2 Å². The first-order valence-corrected chi connectivity index (χ1v) is 10.5. The van der Waals surface area contributed by atoms with Crippen molar-refractivity contribution in [2.24, 2.45) is 0 Å². The van der Waals surface area contributed by atoms with Crippen molar-refractivity contribution < 1.29 is 14.4 Å². The van der Waals surface area contributed by atoms with Crippen LogP contribution in [0.15, 0.2) is 53.5 Å². The number of pyridine rings is 1. The third-order valence-electron chi connectivity index (χ3n) is 5.67. The molecule has 4 rings (SSSR count). The molecule has 1 aliphatic rings. The molecule has 2 aromatic carbocycles. The third-order valence-corrected chi connectivity index (χ3v) is 5.67. The van der Waals surface area contributed by atoms with Gasteiger partial charge in [0.05, 0.1) is 6.54 Å². The van der Waals surface area contributed by atoms with E-state index in [1.807, 2.05) is 4.90 Å². The minimum atomic E-state index is -0.637. The number of carbonyl (C=O) groups is 3. The number of anilines is 1. The van der Waals surface area contributed by atoms with E-state index in [9.17, 15) is 19.2 Å². The molecule has 0 saturated carbocycles. The van der Waals surface area contributed by atoms with Crippen LogP contribution in [0.5, 0.6) is 0 Å². The van der Waals surface area contributed by atoms with Crippen molar-refractivity contribution in [2.75, 3.05) is 25.0 Å². The van der Waals surface area contributed by atoms with Crippen molar-refractivity contribution in [3.8, 4) is 0 Å². The number of aromatic amines is 1. The Morgan fingerprint density at radius 2 is 1.75 bits per heavy atom. The van der Waals surface area contributed by atoms with E-state index in [1.165, 1.54) is 6.20 Å². The van der Waals surface area contributed by atoms with E-state index in [0.717, 1.165) is 25.9 Å². The number of nitrogens with zero attached hydrogens (tertiary/aromatic N) is 1. The number of rotatable bonds is 5. The summed E-state index contributed by atoms with van der Waals surface area (Å²) in [6, 6.07) is 12.1.